The SMILES string of the molecule is CCCc1nccn1CCn1cc2c(n1)CCc1c-2sc2ncnc(Nc3ccc(F)c(Cl)c3)c12. The molecule has 4 heterocycles. The van der Waals surface area contributed by atoms with Crippen LogP contribution in [0.25, 0.3) is 20.7 Å². The Labute approximate surface area is 210 Å². The van der Waals surface area contributed by atoms with E-state index in [-0.39, 0.29) is 5.02 Å². The predicted octanol–water partition coefficient (Wildman–Crippen LogP) is 6.04. The van der Waals surface area contributed by atoms with Crippen LogP contribution in [0.5, 0.6) is 0 Å². The van der Waals surface area contributed by atoms with Crippen LogP contribution in [0.2, 0.25) is 5.02 Å². The van der Waals surface area contributed by atoms with Gasteiger partial charge in [0.1, 0.15) is 28.6 Å². The van der Waals surface area contributed by atoms with Crippen LogP contribution in [0.15, 0.2) is 43.1 Å². The maximum absolute atomic E-state index is 13.6. The molecule has 5 aromatic rings. The first kappa shape index (κ1) is 22.2. The molecule has 6 rings (SSSR count). The Balaban J connectivity index is 1.31. The summed E-state index contributed by atoms with van der Waals surface area (Å²) >= 11 is 7.64. The summed E-state index contributed by atoms with van der Waals surface area (Å²) in [5, 5.41) is 9.28. The average Bonchev–Trinajstić information content (AvgIpc) is 3.56. The summed E-state index contributed by atoms with van der Waals surface area (Å²) in [6.45, 7) is 3.80. The molecule has 178 valence electrons. The van der Waals surface area contributed by atoms with Crippen molar-refractivity contribution in [2.24, 2.45) is 0 Å². The van der Waals surface area contributed by atoms with Crippen molar-refractivity contribution in [3.8, 4) is 10.4 Å². The number of nitrogens with zero attached hydrogens (tertiary/aromatic N) is 6. The van der Waals surface area contributed by atoms with Crippen LogP contribution >= 0.6 is 22.9 Å². The Hall–Kier alpha value is -3.30. The van der Waals surface area contributed by atoms with Gasteiger partial charge in [-0.1, -0.05) is 18.5 Å². The van der Waals surface area contributed by atoms with Gasteiger partial charge in [-0.2, -0.15) is 5.10 Å². The monoisotopic (exact) mass is 507 g/mol. The first-order valence-corrected chi connectivity index (χ1v) is 12.8. The first-order valence-electron chi connectivity index (χ1n) is 11.7. The van der Waals surface area contributed by atoms with Gasteiger partial charge in [0.05, 0.1) is 22.6 Å². The molecule has 1 N–H and O–H groups in total. The van der Waals surface area contributed by atoms with Gasteiger partial charge >= 0.3 is 0 Å². The van der Waals surface area contributed by atoms with E-state index in [1.165, 1.54) is 22.1 Å². The fourth-order valence-corrected chi connectivity index (χ4v) is 6.05. The molecule has 7 nitrogen and oxygen atoms in total. The number of imidazole rings is 1. The number of hydrogen-bond acceptors (Lipinski definition) is 6. The lowest BCUT2D eigenvalue weighted by Gasteiger charge is -2.12. The van der Waals surface area contributed by atoms with Gasteiger partial charge < -0.3 is 9.88 Å². The fraction of sp³-hybridized carbons (Fsp3) is 0.280. The molecule has 10 heteroatoms. The lowest BCUT2D eigenvalue weighted by molar-refractivity contribution is 0.515. The highest BCUT2D eigenvalue weighted by Gasteiger charge is 2.26. The van der Waals surface area contributed by atoms with Crippen molar-refractivity contribution in [2.45, 2.75) is 45.7 Å². The number of rotatable bonds is 7. The van der Waals surface area contributed by atoms with Crippen LogP contribution in [0, 0.1) is 5.82 Å². The lowest BCUT2D eigenvalue weighted by Crippen LogP contribution is -2.10. The van der Waals surface area contributed by atoms with Crippen LogP contribution in [0.1, 0.15) is 30.4 Å². The third kappa shape index (κ3) is 4.08. The van der Waals surface area contributed by atoms with Crippen molar-refractivity contribution >= 4 is 44.7 Å². The lowest BCUT2D eigenvalue weighted by atomic mass is 9.95. The molecule has 35 heavy (non-hydrogen) atoms. The number of halogens is 2. The van der Waals surface area contributed by atoms with E-state index in [9.17, 15) is 4.39 Å². The second kappa shape index (κ2) is 9.05. The molecular weight excluding hydrogens is 485 g/mol. The maximum Gasteiger partial charge on any atom is 0.142 e. The van der Waals surface area contributed by atoms with Crippen molar-refractivity contribution in [1.29, 1.82) is 0 Å². The van der Waals surface area contributed by atoms with Crippen molar-refractivity contribution in [3.63, 3.8) is 0 Å². The maximum atomic E-state index is 13.6. The summed E-state index contributed by atoms with van der Waals surface area (Å²) in [5.41, 5.74) is 4.21. The fourth-order valence-electron chi connectivity index (χ4n) is 4.65. The van der Waals surface area contributed by atoms with Crippen molar-refractivity contribution in [1.82, 2.24) is 29.3 Å². The minimum absolute atomic E-state index is 0.0715. The van der Waals surface area contributed by atoms with Gasteiger partial charge in [0.25, 0.3) is 0 Å². The number of aryl methyl sites for hydroxylation is 5. The van der Waals surface area contributed by atoms with Gasteiger partial charge in [-0.3, -0.25) is 4.68 Å². The smallest absolute Gasteiger partial charge is 0.142 e. The first-order chi connectivity index (χ1) is 17.1. The number of benzene rings is 1. The number of aromatic nitrogens is 6. The zero-order valence-electron chi connectivity index (χ0n) is 19.1. The van der Waals surface area contributed by atoms with E-state index in [0.29, 0.717) is 11.5 Å². The molecule has 0 radical (unpaired) electrons. The average molecular weight is 508 g/mol. The molecule has 1 aliphatic rings. The minimum atomic E-state index is -0.447. The van der Waals surface area contributed by atoms with E-state index < -0.39 is 5.82 Å². The molecule has 0 saturated heterocycles. The Morgan fingerprint density at radius 1 is 1.17 bits per heavy atom. The molecule has 0 amide bonds. The number of hydrogen-bond donors (Lipinski definition) is 1. The quantitative estimate of drug-likeness (QED) is 0.291. The number of anilines is 2. The molecule has 1 aromatic carbocycles. The van der Waals surface area contributed by atoms with Gasteiger partial charge in [-0.25, -0.2) is 19.3 Å². The van der Waals surface area contributed by atoms with Crippen LogP contribution in [-0.2, 0) is 32.4 Å². The zero-order valence-corrected chi connectivity index (χ0v) is 20.7. The van der Waals surface area contributed by atoms with E-state index in [1.807, 2.05) is 17.1 Å². The molecular formula is C25H23ClFN7S. The highest BCUT2D eigenvalue weighted by atomic mass is 35.5. The molecule has 0 bridgehead atoms. The van der Waals surface area contributed by atoms with E-state index in [2.05, 4.69) is 38.0 Å². The van der Waals surface area contributed by atoms with Gasteiger partial charge in [0.2, 0.25) is 0 Å². The molecule has 4 aromatic heterocycles. The summed E-state index contributed by atoms with van der Waals surface area (Å²) in [4.78, 5) is 15.6. The second-order valence-electron chi connectivity index (χ2n) is 8.61. The van der Waals surface area contributed by atoms with Crippen LogP contribution in [0.3, 0.4) is 0 Å². The molecule has 0 fully saturated rings. The minimum Gasteiger partial charge on any atom is -0.340 e. The van der Waals surface area contributed by atoms with E-state index in [0.717, 1.165) is 60.5 Å². The Kier molecular flexibility index (Phi) is 5.74. The molecule has 0 atom stereocenters. The van der Waals surface area contributed by atoms with Crippen LogP contribution < -0.4 is 5.32 Å². The number of thiophene rings is 1. The topological polar surface area (TPSA) is 73.5 Å². The highest BCUT2D eigenvalue weighted by Crippen LogP contribution is 2.45. The Morgan fingerprint density at radius 2 is 2.09 bits per heavy atom. The van der Waals surface area contributed by atoms with Gasteiger partial charge in [0.15, 0.2) is 0 Å². The number of fused-ring (bicyclic) bond motifs is 5. The summed E-state index contributed by atoms with van der Waals surface area (Å²) in [5.74, 6) is 1.38. The summed E-state index contributed by atoms with van der Waals surface area (Å²) < 4.78 is 17.9. The van der Waals surface area contributed by atoms with Crippen LogP contribution in [0.4, 0.5) is 15.9 Å². The standard InChI is InChI=1S/C25H23ClFN7S/c1-2-3-21-28-8-9-33(21)10-11-34-13-17-20(32-34)7-5-16-22-24(29-14-30-25(22)35-23(16)17)31-15-4-6-19(27)18(26)12-15/h4,6,8-9,12-14H,2-3,5,7,10-11H2,1H3,(H,29,30,31). The molecule has 0 unspecified atom stereocenters. The normalized spacial score (nSPS) is 12.7. The zero-order chi connectivity index (χ0) is 23.9. The third-order valence-corrected chi connectivity index (χ3v) is 7.77. The second-order valence-corrected chi connectivity index (χ2v) is 10.0. The van der Waals surface area contributed by atoms with Crippen molar-refractivity contribution in [2.75, 3.05) is 5.32 Å². The molecule has 0 saturated carbocycles. The van der Waals surface area contributed by atoms with Crippen molar-refractivity contribution < 1.29 is 4.39 Å². The number of nitrogens with one attached hydrogen (secondary N) is 1. The van der Waals surface area contributed by atoms with Crippen molar-refractivity contribution in [3.05, 3.63) is 71.0 Å². The predicted molar refractivity (Wildman–Crippen MR) is 137 cm³/mol. The van der Waals surface area contributed by atoms with Crippen LogP contribution in [-0.4, -0.2) is 29.3 Å². The van der Waals surface area contributed by atoms with Gasteiger partial charge in [-0.05, 0) is 43.0 Å². The molecule has 0 aliphatic heterocycles. The van der Waals surface area contributed by atoms with E-state index in [4.69, 9.17) is 16.7 Å². The molecule has 1 aliphatic carbocycles. The van der Waals surface area contributed by atoms with Gasteiger partial charge in [-0.15, -0.1) is 11.3 Å². The Morgan fingerprint density at radius 3 is 2.94 bits per heavy atom. The third-order valence-electron chi connectivity index (χ3n) is 6.31. The largest absolute Gasteiger partial charge is 0.340 e. The van der Waals surface area contributed by atoms with E-state index >= 15 is 0 Å². The summed E-state index contributed by atoms with van der Waals surface area (Å²) in [7, 11) is 0. The molecule has 0 spiro atoms. The van der Waals surface area contributed by atoms with Gasteiger partial charge in [0, 0.05) is 47.7 Å². The Bertz CT molecular complexity index is 1540. The highest BCUT2D eigenvalue weighted by molar-refractivity contribution is 7.22. The van der Waals surface area contributed by atoms with E-state index in [1.54, 1.807) is 29.8 Å². The summed E-state index contributed by atoms with van der Waals surface area (Å²) in [6, 6.07) is 4.57. The summed E-state index contributed by atoms with van der Waals surface area (Å²) in [6.07, 6.45) is 11.4.